The van der Waals surface area contributed by atoms with Gasteiger partial charge in [-0.3, -0.25) is 9.59 Å². The van der Waals surface area contributed by atoms with Crippen LogP contribution in [0.5, 0.6) is 5.75 Å². The molecule has 7 heteroatoms. The Morgan fingerprint density at radius 2 is 1.81 bits per heavy atom. The first kappa shape index (κ1) is 21.6. The Labute approximate surface area is 188 Å². The standard InChI is InChI=1S/C25H28N4O3/c1-25(2,3)21-15-22(29(27-21)16-18-9-5-4-6-10-18)26-23(30)13-14-28-19-11-7-8-12-20(19)32-17-24(28)31/h4-12,15H,13-14,16-17H2,1-3H3,(H,26,30). The highest BCUT2D eigenvalue weighted by Gasteiger charge is 2.26. The molecule has 2 amide bonds. The summed E-state index contributed by atoms with van der Waals surface area (Å²) in [4.78, 5) is 26.8. The second-order valence-corrected chi connectivity index (χ2v) is 8.91. The molecule has 1 aliphatic heterocycles. The number of amides is 2. The summed E-state index contributed by atoms with van der Waals surface area (Å²) in [6, 6.07) is 19.3. The minimum Gasteiger partial charge on any atom is -0.482 e. The summed E-state index contributed by atoms with van der Waals surface area (Å²) in [6.07, 6.45) is 0.168. The van der Waals surface area contributed by atoms with Crippen LogP contribution < -0.4 is 15.0 Å². The number of nitrogens with zero attached hydrogens (tertiary/aromatic N) is 3. The van der Waals surface area contributed by atoms with E-state index in [1.165, 1.54) is 0 Å². The number of benzene rings is 2. The van der Waals surface area contributed by atoms with Gasteiger partial charge >= 0.3 is 0 Å². The van der Waals surface area contributed by atoms with Gasteiger partial charge in [-0.25, -0.2) is 4.68 Å². The highest BCUT2D eigenvalue weighted by molar-refractivity contribution is 5.99. The van der Waals surface area contributed by atoms with Gasteiger partial charge in [-0.1, -0.05) is 63.2 Å². The lowest BCUT2D eigenvalue weighted by Gasteiger charge is -2.29. The fourth-order valence-corrected chi connectivity index (χ4v) is 3.58. The van der Waals surface area contributed by atoms with E-state index in [1.807, 2.05) is 65.3 Å². The SMILES string of the molecule is CC(C)(C)c1cc(NC(=O)CCN2C(=O)COc3ccccc32)n(Cc2ccccc2)n1. The second kappa shape index (κ2) is 8.86. The predicted octanol–water partition coefficient (Wildman–Crippen LogP) is 3.98. The zero-order valence-corrected chi connectivity index (χ0v) is 18.7. The Morgan fingerprint density at radius 3 is 2.56 bits per heavy atom. The third kappa shape index (κ3) is 4.82. The van der Waals surface area contributed by atoms with Gasteiger partial charge in [-0.15, -0.1) is 0 Å². The molecular weight excluding hydrogens is 404 g/mol. The van der Waals surface area contributed by atoms with E-state index in [0.29, 0.717) is 23.8 Å². The van der Waals surface area contributed by atoms with Crippen molar-refractivity contribution in [2.45, 2.75) is 39.2 Å². The molecule has 0 unspecified atom stereocenters. The normalized spacial score (nSPS) is 13.5. The van der Waals surface area contributed by atoms with Gasteiger partial charge in [0, 0.05) is 24.4 Å². The minimum atomic E-state index is -0.170. The van der Waals surface area contributed by atoms with Crippen molar-refractivity contribution in [3.8, 4) is 5.75 Å². The zero-order chi connectivity index (χ0) is 22.7. The van der Waals surface area contributed by atoms with Crippen molar-refractivity contribution in [3.63, 3.8) is 0 Å². The van der Waals surface area contributed by atoms with Gasteiger partial charge in [0.05, 0.1) is 17.9 Å². The van der Waals surface area contributed by atoms with Crippen molar-refractivity contribution >= 4 is 23.3 Å². The van der Waals surface area contributed by atoms with E-state index in [0.717, 1.165) is 11.3 Å². The van der Waals surface area contributed by atoms with Crippen molar-refractivity contribution in [2.75, 3.05) is 23.4 Å². The smallest absolute Gasteiger partial charge is 0.265 e. The Bertz CT molecular complexity index is 1120. The number of para-hydroxylation sites is 2. The third-order valence-corrected chi connectivity index (χ3v) is 5.36. The first-order valence-corrected chi connectivity index (χ1v) is 10.8. The number of ether oxygens (including phenoxy) is 1. The minimum absolute atomic E-state index is 0.0164. The number of hydrogen-bond donors (Lipinski definition) is 1. The fraction of sp³-hybridized carbons (Fsp3) is 0.320. The van der Waals surface area contributed by atoms with E-state index < -0.39 is 0 Å². The average molecular weight is 433 g/mol. The molecule has 0 bridgehead atoms. The molecule has 0 saturated carbocycles. The van der Waals surface area contributed by atoms with Crippen LogP contribution in [0.4, 0.5) is 11.5 Å². The lowest BCUT2D eigenvalue weighted by atomic mass is 9.92. The molecule has 2 aromatic carbocycles. The van der Waals surface area contributed by atoms with Crippen molar-refractivity contribution in [1.82, 2.24) is 9.78 Å². The van der Waals surface area contributed by atoms with Gasteiger partial charge in [0.25, 0.3) is 5.91 Å². The summed E-state index contributed by atoms with van der Waals surface area (Å²) in [5.74, 6) is 0.984. The van der Waals surface area contributed by atoms with E-state index in [2.05, 4.69) is 26.1 Å². The van der Waals surface area contributed by atoms with Crippen LogP contribution in [0.1, 0.15) is 38.4 Å². The quantitative estimate of drug-likeness (QED) is 0.639. The van der Waals surface area contributed by atoms with Gasteiger partial charge < -0.3 is 15.0 Å². The van der Waals surface area contributed by atoms with Crippen LogP contribution in [0.2, 0.25) is 0 Å². The molecular formula is C25H28N4O3. The largest absolute Gasteiger partial charge is 0.482 e. The highest BCUT2D eigenvalue weighted by Crippen LogP contribution is 2.31. The maximum absolute atomic E-state index is 12.8. The molecule has 4 rings (SSSR count). The number of rotatable bonds is 6. The molecule has 0 fully saturated rings. The molecule has 3 aromatic rings. The molecule has 0 atom stereocenters. The fourth-order valence-electron chi connectivity index (χ4n) is 3.58. The van der Waals surface area contributed by atoms with Crippen LogP contribution in [-0.2, 0) is 21.5 Å². The lowest BCUT2D eigenvalue weighted by molar-refractivity contribution is -0.121. The molecule has 2 heterocycles. The Morgan fingerprint density at radius 1 is 1.09 bits per heavy atom. The van der Waals surface area contributed by atoms with Gasteiger partial charge in [0.2, 0.25) is 5.91 Å². The van der Waals surface area contributed by atoms with Gasteiger partial charge in [-0.05, 0) is 17.7 Å². The molecule has 32 heavy (non-hydrogen) atoms. The summed E-state index contributed by atoms with van der Waals surface area (Å²) in [5.41, 5.74) is 2.55. The molecule has 0 saturated heterocycles. The van der Waals surface area contributed by atoms with Crippen LogP contribution in [0.3, 0.4) is 0 Å². The van der Waals surface area contributed by atoms with E-state index >= 15 is 0 Å². The number of nitrogens with one attached hydrogen (secondary N) is 1. The monoisotopic (exact) mass is 432 g/mol. The van der Waals surface area contributed by atoms with Gasteiger partial charge in [-0.2, -0.15) is 5.10 Å². The number of fused-ring (bicyclic) bond motifs is 1. The highest BCUT2D eigenvalue weighted by atomic mass is 16.5. The Kier molecular flexibility index (Phi) is 5.99. The van der Waals surface area contributed by atoms with Crippen LogP contribution in [0, 0.1) is 0 Å². The maximum atomic E-state index is 12.8. The van der Waals surface area contributed by atoms with E-state index in [1.54, 1.807) is 4.90 Å². The first-order valence-electron chi connectivity index (χ1n) is 10.8. The second-order valence-electron chi connectivity index (χ2n) is 8.91. The molecule has 166 valence electrons. The van der Waals surface area contributed by atoms with E-state index in [-0.39, 0.29) is 36.8 Å². The summed E-state index contributed by atoms with van der Waals surface area (Å²) in [6.45, 7) is 7.10. The molecule has 1 aliphatic rings. The summed E-state index contributed by atoms with van der Waals surface area (Å²) >= 11 is 0. The average Bonchev–Trinajstić information content (AvgIpc) is 3.16. The molecule has 1 N–H and O–H groups in total. The number of hydrogen-bond acceptors (Lipinski definition) is 4. The summed E-state index contributed by atoms with van der Waals surface area (Å²) < 4.78 is 7.29. The molecule has 7 nitrogen and oxygen atoms in total. The lowest BCUT2D eigenvalue weighted by Crippen LogP contribution is -2.40. The molecule has 0 spiro atoms. The third-order valence-electron chi connectivity index (χ3n) is 5.36. The van der Waals surface area contributed by atoms with Gasteiger partial charge in [0.1, 0.15) is 11.6 Å². The Hall–Kier alpha value is -3.61. The van der Waals surface area contributed by atoms with Crippen LogP contribution in [0.25, 0.3) is 0 Å². The van der Waals surface area contributed by atoms with Crippen LogP contribution >= 0.6 is 0 Å². The van der Waals surface area contributed by atoms with Crippen molar-refractivity contribution in [1.29, 1.82) is 0 Å². The van der Waals surface area contributed by atoms with Crippen molar-refractivity contribution in [2.24, 2.45) is 0 Å². The van der Waals surface area contributed by atoms with Crippen LogP contribution in [-0.4, -0.2) is 34.7 Å². The van der Waals surface area contributed by atoms with Gasteiger partial charge in [0.15, 0.2) is 6.61 Å². The van der Waals surface area contributed by atoms with E-state index in [9.17, 15) is 9.59 Å². The zero-order valence-electron chi connectivity index (χ0n) is 18.7. The van der Waals surface area contributed by atoms with Crippen LogP contribution in [0.15, 0.2) is 60.7 Å². The van der Waals surface area contributed by atoms with E-state index in [4.69, 9.17) is 9.84 Å². The number of carbonyl (C=O) groups excluding carboxylic acids is 2. The molecule has 1 aromatic heterocycles. The van der Waals surface area contributed by atoms with Crippen molar-refractivity contribution in [3.05, 3.63) is 71.9 Å². The number of carbonyl (C=O) groups is 2. The number of aromatic nitrogens is 2. The Balaban J connectivity index is 1.48. The molecule has 0 radical (unpaired) electrons. The number of anilines is 2. The van der Waals surface area contributed by atoms with Crippen molar-refractivity contribution < 1.29 is 14.3 Å². The topological polar surface area (TPSA) is 76.5 Å². The summed E-state index contributed by atoms with van der Waals surface area (Å²) in [5, 5.41) is 7.74. The molecule has 0 aliphatic carbocycles. The first-order chi connectivity index (χ1) is 15.3. The predicted molar refractivity (Wildman–Crippen MR) is 124 cm³/mol. The summed E-state index contributed by atoms with van der Waals surface area (Å²) in [7, 11) is 0. The maximum Gasteiger partial charge on any atom is 0.265 e.